The molecule has 4 amide bonds. The van der Waals surface area contributed by atoms with E-state index in [0.29, 0.717) is 30.5 Å². The molecule has 150 valence electrons. The van der Waals surface area contributed by atoms with Gasteiger partial charge in [-0.2, -0.15) is 0 Å². The predicted molar refractivity (Wildman–Crippen MR) is 105 cm³/mol. The summed E-state index contributed by atoms with van der Waals surface area (Å²) in [5.74, 6) is -0.646. The molecule has 7 nitrogen and oxygen atoms in total. The molecule has 1 aliphatic carbocycles. The van der Waals surface area contributed by atoms with Crippen molar-refractivity contribution in [2.24, 2.45) is 0 Å². The normalized spacial score (nSPS) is 17.8. The van der Waals surface area contributed by atoms with E-state index < -0.39 is 11.6 Å². The van der Waals surface area contributed by atoms with Crippen molar-refractivity contribution in [2.75, 3.05) is 11.9 Å². The molecule has 0 radical (unpaired) electrons. The van der Waals surface area contributed by atoms with E-state index in [1.165, 1.54) is 0 Å². The van der Waals surface area contributed by atoms with Crippen LogP contribution in [0.5, 0.6) is 0 Å². The summed E-state index contributed by atoms with van der Waals surface area (Å²) in [4.78, 5) is 50.3. The molecule has 1 heterocycles. The van der Waals surface area contributed by atoms with Gasteiger partial charge in [-0.3, -0.25) is 19.3 Å². The lowest BCUT2D eigenvalue weighted by Gasteiger charge is -2.19. The number of ketones is 1. The highest BCUT2D eigenvalue weighted by atomic mass is 16.2. The third kappa shape index (κ3) is 4.24. The first-order valence-electron chi connectivity index (χ1n) is 10.0. The number of hydrogen-bond donors (Lipinski definition) is 2. The average molecular weight is 385 g/mol. The van der Waals surface area contributed by atoms with E-state index >= 15 is 0 Å². The fourth-order valence-electron chi connectivity index (χ4n) is 3.87. The van der Waals surface area contributed by atoms with Gasteiger partial charge in [0.15, 0.2) is 5.78 Å². The number of hydrogen-bond acceptors (Lipinski definition) is 4. The summed E-state index contributed by atoms with van der Waals surface area (Å²) in [5.41, 5.74) is 0.221. The van der Waals surface area contributed by atoms with Crippen molar-refractivity contribution >= 4 is 29.3 Å². The van der Waals surface area contributed by atoms with Crippen LogP contribution >= 0.6 is 0 Å². The quantitative estimate of drug-likeness (QED) is 0.408. The number of nitrogens with zero attached hydrogens (tertiary/aromatic N) is 1. The van der Waals surface area contributed by atoms with E-state index in [2.05, 4.69) is 17.6 Å². The van der Waals surface area contributed by atoms with Crippen LogP contribution in [0.1, 0.15) is 68.6 Å². The van der Waals surface area contributed by atoms with Crippen molar-refractivity contribution in [3.8, 4) is 0 Å². The van der Waals surface area contributed by atoms with Gasteiger partial charge < -0.3 is 10.6 Å². The zero-order valence-corrected chi connectivity index (χ0v) is 16.3. The molecule has 0 aromatic heterocycles. The highest BCUT2D eigenvalue weighted by molar-refractivity contribution is 6.11. The van der Waals surface area contributed by atoms with Crippen LogP contribution in [0.3, 0.4) is 0 Å². The van der Waals surface area contributed by atoms with Crippen LogP contribution in [0, 0.1) is 0 Å². The van der Waals surface area contributed by atoms with E-state index in [1.807, 2.05) is 0 Å². The van der Waals surface area contributed by atoms with E-state index in [-0.39, 0.29) is 24.1 Å². The zero-order chi connectivity index (χ0) is 20.1. The zero-order valence-electron chi connectivity index (χ0n) is 16.3. The summed E-state index contributed by atoms with van der Waals surface area (Å²) in [5, 5.41) is 5.58. The Morgan fingerprint density at radius 3 is 2.43 bits per heavy atom. The van der Waals surface area contributed by atoms with Crippen LogP contribution in [-0.2, 0) is 9.59 Å². The lowest BCUT2D eigenvalue weighted by atomic mass is 9.98. The molecule has 3 rings (SSSR count). The molecule has 1 aromatic carbocycles. The van der Waals surface area contributed by atoms with Gasteiger partial charge in [0.05, 0.1) is 6.54 Å². The van der Waals surface area contributed by atoms with Gasteiger partial charge in [0.2, 0.25) is 5.91 Å². The van der Waals surface area contributed by atoms with Crippen molar-refractivity contribution < 1.29 is 19.2 Å². The highest BCUT2D eigenvalue weighted by Gasteiger charge is 2.52. The number of anilines is 1. The van der Waals surface area contributed by atoms with Crippen molar-refractivity contribution in [1.82, 2.24) is 10.2 Å². The van der Waals surface area contributed by atoms with E-state index in [1.54, 1.807) is 24.3 Å². The number of amides is 4. The van der Waals surface area contributed by atoms with E-state index in [4.69, 9.17) is 0 Å². The average Bonchev–Trinajstić information content (AvgIpc) is 3.23. The van der Waals surface area contributed by atoms with Gasteiger partial charge in [0, 0.05) is 17.7 Å². The maximum Gasteiger partial charge on any atom is 0.325 e. The summed E-state index contributed by atoms with van der Waals surface area (Å²) in [6.45, 7) is 1.82. The number of carbonyl (C=O) groups is 4. The molecule has 28 heavy (non-hydrogen) atoms. The predicted octanol–water partition coefficient (Wildman–Crippen LogP) is 3.25. The van der Waals surface area contributed by atoms with Crippen LogP contribution in [-0.4, -0.2) is 40.6 Å². The van der Waals surface area contributed by atoms with Crippen molar-refractivity contribution in [1.29, 1.82) is 0 Å². The molecule has 1 saturated heterocycles. The summed E-state index contributed by atoms with van der Waals surface area (Å²) in [6, 6.07) is 6.04. The second-order valence-corrected chi connectivity index (χ2v) is 7.62. The van der Waals surface area contributed by atoms with Crippen LogP contribution in [0.15, 0.2) is 24.3 Å². The second kappa shape index (κ2) is 8.54. The third-order valence-electron chi connectivity index (χ3n) is 5.50. The van der Waals surface area contributed by atoms with Gasteiger partial charge in [-0.1, -0.05) is 32.6 Å². The Balaban J connectivity index is 1.57. The fraction of sp³-hybridized carbons (Fsp3) is 0.524. The first-order valence-corrected chi connectivity index (χ1v) is 10.0. The first kappa shape index (κ1) is 20.0. The van der Waals surface area contributed by atoms with Crippen LogP contribution in [0.2, 0.25) is 0 Å². The number of rotatable bonds is 8. The van der Waals surface area contributed by atoms with Crippen molar-refractivity contribution in [3.05, 3.63) is 29.8 Å². The monoisotopic (exact) mass is 385 g/mol. The Labute approximate surface area is 164 Å². The van der Waals surface area contributed by atoms with E-state index in [0.717, 1.165) is 37.0 Å². The molecule has 1 aromatic rings. The third-order valence-corrected chi connectivity index (χ3v) is 5.50. The Morgan fingerprint density at radius 1 is 1.11 bits per heavy atom. The smallest absolute Gasteiger partial charge is 0.325 e. The Morgan fingerprint density at radius 2 is 1.79 bits per heavy atom. The second-order valence-electron chi connectivity index (χ2n) is 7.62. The van der Waals surface area contributed by atoms with Crippen molar-refractivity contribution in [2.45, 2.75) is 63.8 Å². The van der Waals surface area contributed by atoms with Crippen LogP contribution < -0.4 is 10.6 Å². The number of benzene rings is 1. The first-order chi connectivity index (χ1) is 13.4. The molecule has 0 unspecified atom stereocenters. The fourth-order valence-corrected chi connectivity index (χ4v) is 3.87. The molecule has 7 heteroatoms. The number of Topliss-reactive ketones (excluding diaryl/α,β-unsaturated/α-hetero) is 1. The minimum Gasteiger partial charge on any atom is -0.326 e. The number of nitrogens with one attached hydrogen (secondary N) is 2. The van der Waals surface area contributed by atoms with E-state index in [9.17, 15) is 19.2 Å². The summed E-state index contributed by atoms with van der Waals surface area (Å²) < 4.78 is 0. The van der Waals surface area contributed by atoms with Crippen molar-refractivity contribution in [3.63, 3.8) is 0 Å². The SMILES string of the molecule is CCCCCC(=O)Nc1ccc(C(=O)CN2C(=O)NC3(CCCC3)C2=O)cc1. The standard InChI is InChI=1S/C21H27N3O4/c1-2-3-4-7-18(26)22-16-10-8-15(9-11-16)17(25)14-24-19(27)21(23-20(24)28)12-5-6-13-21/h8-11H,2-7,12-14H2,1H3,(H,22,26)(H,23,28). The summed E-state index contributed by atoms with van der Waals surface area (Å²) in [6.07, 6.45) is 6.48. The number of unbranched alkanes of at least 4 members (excludes halogenated alkanes) is 2. The summed E-state index contributed by atoms with van der Waals surface area (Å²) >= 11 is 0. The molecule has 0 atom stereocenters. The van der Waals surface area contributed by atoms with Gasteiger partial charge >= 0.3 is 6.03 Å². The Hall–Kier alpha value is -2.70. The van der Waals surface area contributed by atoms with Gasteiger partial charge in [-0.25, -0.2) is 4.79 Å². The maximum atomic E-state index is 12.6. The molecule has 0 bridgehead atoms. The number of carbonyl (C=O) groups excluding carboxylic acids is 4. The molecule has 2 N–H and O–H groups in total. The van der Waals surface area contributed by atoms with Gasteiger partial charge in [0.25, 0.3) is 5.91 Å². The highest BCUT2D eigenvalue weighted by Crippen LogP contribution is 2.35. The Bertz CT molecular complexity index is 766. The molecule has 1 aliphatic heterocycles. The lowest BCUT2D eigenvalue weighted by molar-refractivity contribution is -0.130. The molecule has 2 aliphatic rings. The summed E-state index contributed by atoms with van der Waals surface area (Å²) in [7, 11) is 0. The topological polar surface area (TPSA) is 95.6 Å². The van der Waals surface area contributed by atoms with Crippen LogP contribution in [0.25, 0.3) is 0 Å². The van der Waals surface area contributed by atoms with Crippen LogP contribution in [0.4, 0.5) is 10.5 Å². The lowest BCUT2D eigenvalue weighted by Crippen LogP contribution is -2.44. The van der Waals surface area contributed by atoms with Gasteiger partial charge in [-0.15, -0.1) is 0 Å². The maximum absolute atomic E-state index is 12.6. The van der Waals surface area contributed by atoms with Gasteiger partial charge in [0.1, 0.15) is 5.54 Å². The molecule has 1 saturated carbocycles. The number of urea groups is 1. The molecular weight excluding hydrogens is 358 g/mol. The molecule has 2 fully saturated rings. The molecular formula is C21H27N3O4. The molecule has 1 spiro atoms. The largest absolute Gasteiger partial charge is 0.326 e. The minimum absolute atomic E-state index is 0.0475. The Kier molecular flexibility index (Phi) is 6.11. The number of imide groups is 1. The minimum atomic E-state index is -0.802. The van der Waals surface area contributed by atoms with Gasteiger partial charge in [-0.05, 0) is 43.5 Å².